The van der Waals surface area contributed by atoms with Gasteiger partial charge in [0.2, 0.25) is 17.8 Å². The van der Waals surface area contributed by atoms with Crippen LogP contribution in [-0.4, -0.2) is 84.7 Å². The molecule has 0 unspecified atom stereocenters. The highest BCUT2D eigenvalue weighted by atomic mass is 16.6. The highest BCUT2D eigenvalue weighted by Crippen LogP contribution is 2.20. The second-order valence-corrected chi connectivity index (χ2v) is 8.59. The molecule has 39 heavy (non-hydrogen) atoms. The van der Waals surface area contributed by atoms with Gasteiger partial charge in [-0.1, -0.05) is 6.07 Å². The summed E-state index contributed by atoms with van der Waals surface area (Å²) in [6.07, 6.45) is 1.58. The molecule has 0 amide bonds. The molecule has 14 heteroatoms. The number of nitrogens with zero attached hydrogens (tertiary/aromatic N) is 7. The molecule has 1 N–H and O–H groups in total. The molecule has 1 aromatic heterocycles. The van der Waals surface area contributed by atoms with E-state index in [0.29, 0.717) is 76.2 Å². The Morgan fingerprint density at radius 1 is 0.949 bits per heavy atom. The summed E-state index contributed by atoms with van der Waals surface area (Å²) in [6.45, 7) is 5.18. The summed E-state index contributed by atoms with van der Waals surface area (Å²) < 4.78 is 16.2. The zero-order chi connectivity index (χ0) is 27.0. The third-order valence-corrected chi connectivity index (χ3v) is 5.96. The number of morpholine rings is 2. The van der Waals surface area contributed by atoms with Crippen molar-refractivity contribution in [2.75, 3.05) is 67.8 Å². The average Bonchev–Trinajstić information content (AvgIpc) is 2.99. The van der Waals surface area contributed by atoms with E-state index < -0.39 is 10.9 Å². The molecule has 202 valence electrons. The van der Waals surface area contributed by atoms with Crippen molar-refractivity contribution in [1.82, 2.24) is 15.0 Å². The number of benzene rings is 2. The van der Waals surface area contributed by atoms with Crippen molar-refractivity contribution in [3.8, 4) is 5.75 Å². The van der Waals surface area contributed by atoms with Crippen LogP contribution in [0.3, 0.4) is 0 Å². The molecule has 0 bridgehead atoms. The number of hydrazone groups is 1. The maximum atomic E-state index is 12.4. The Balaban J connectivity index is 1.24. The van der Waals surface area contributed by atoms with Crippen LogP contribution in [0.2, 0.25) is 0 Å². The summed E-state index contributed by atoms with van der Waals surface area (Å²) in [6, 6.07) is 12.0. The largest absolute Gasteiger partial charge is 0.423 e. The number of nitrogens with one attached hydrogen (secondary N) is 1. The lowest BCUT2D eigenvalue weighted by atomic mass is 10.2. The highest BCUT2D eigenvalue weighted by Gasteiger charge is 2.20. The van der Waals surface area contributed by atoms with Crippen LogP contribution in [0.1, 0.15) is 15.9 Å². The number of anilines is 3. The van der Waals surface area contributed by atoms with Gasteiger partial charge in [-0.3, -0.25) is 10.1 Å². The minimum atomic E-state index is -0.691. The molecule has 14 nitrogen and oxygen atoms in total. The third-order valence-electron chi connectivity index (χ3n) is 5.96. The Bertz CT molecular complexity index is 1300. The van der Waals surface area contributed by atoms with E-state index in [1.807, 2.05) is 0 Å². The Morgan fingerprint density at radius 3 is 2.15 bits per heavy atom. The van der Waals surface area contributed by atoms with Crippen molar-refractivity contribution in [3.63, 3.8) is 0 Å². The number of hydrogen-bond donors (Lipinski definition) is 1. The highest BCUT2D eigenvalue weighted by molar-refractivity contribution is 5.91. The third kappa shape index (κ3) is 6.80. The number of ether oxygens (including phenoxy) is 3. The average molecular weight is 535 g/mol. The predicted octanol–water partition coefficient (Wildman–Crippen LogP) is 2.12. The first kappa shape index (κ1) is 25.9. The molecule has 0 saturated carbocycles. The molecule has 2 saturated heterocycles. The molecule has 0 radical (unpaired) electrons. The summed E-state index contributed by atoms with van der Waals surface area (Å²) in [5, 5.41) is 15.2. The molecular weight excluding hydrogens is 508 g/mol. The summed E-state index contributed by atoms with van der Waals surface area (Å²) in [5.41, 5.74) is 3.52. The van der Waals surface area contributed by atoms with Gasteiger partial charge in [0.25, 0.3) is 5.69 Å². The number of aromatic nitrogens is 3. The maximum Gasteiger partial charge on any atom is 0.343 e. The second kappa shape index (κ2) is 12.2. The summed E-state index contributed by atoms with van der Waals surface area (Å²) in [7, 11) is 0. The van der Waals surface area contributed by atoms with Crippen molar-refractivity contribution in [3.05, 3.63) is 69.8 Å². The smallest absolute Gasteiger partial charge is 0.343 e. The number of hydrogen-bond acceptors (Lipinski definition) is 13. The summed E-state index contributed by atoms with van der Waals surface area (Å²) in [5.74, 6) is 1.03. The molecule has 3 aromatic rings. The molecule has 5 rings (SSSR count). The molecule has 3 heterocycles. The van der Waals surface area contributed by atoms with Gasteiger partial charge in [0, 0.05) is 38.3 Å². The number of carbonyl (C=O) groups is 1. The van der Waals surface area contributed by atoms with Crippen molar-refractivity contribution >= 4 is 35.7 Å². The minimum Gasteiger partial charge on any atom is -0.423 e. The molecule has 2 aromatic carbocycles. The van der Waals surface area contributed by atoms with E-state index in [2.05, 4.69) is 35.3 Å². The van der Waals surface area contributed by atoms with Crippen molar-refractivity contribution in [1.29, 1.82) is 0 Å². The normalized spacial score (nSPS) is 15.8. The maximum absolute atomic E-state index is 12.4. The van der Waals surface area contributed by atoms with Crippen LogP contribution in [0.5, 0.6) is 5.75 Å². The van der Waals surface area contributed by atoms with Gasteiger partial charge in [0.1, 0.15) is 5.75 Å². The van der Waals surface area contributed by atoms with Crippen molar-refractivity contribution < 1.29 is 23.9 Å². The minimum absolute atomic E-state index is 0.0873. The first-order valence-electron chi connectivity index (χ1n) is 12.3. The van der Waals surface area contributed by atoms with Crippen LogP contribution >= 0.6 is 0 Å². The van der Waals surface area contributed by atoms with Gasteiger partial charge in [-0.25, -0.2) is 10.2 Å². The lowest BCUT2D eigenvalue weighted by Crippen LogP contribution is -2.40. The molecule has 2 aliphatic heterocycles. The number of nitro groups is 1. The quantitative estimate of drug-likeness (QED) is 0.148. The molecular formula is C25H26N8O6. The van der Waals surface area contributed by atoms with E-state index in [0.717, 1.165) is 5.56 Å². The molecule has 2 fully saturated rings. The van der Waals surface area contributed by atoms with Crippen molar-refractivity contribution in [2.45, 2.75) is 0 Å². The number of nitro benzene ring substituents is 1. The van der Waals surface area contributed by atoms with Crippen LogP contribution in [0.15, 0.2) is 53.6 Å². The van der Waals surface area contributed by atoms with Gasteiger partial charge < -0.3 is 24.0 Å². The first-order valence-corrected chi connectivity index (χ1v) is 12.3. The van der Waals surface area contributed by atoms with Crippen LogP contribution in [0.25, 0.3) is 0 Å². The van der Waals surface area contributed by atoms with Crippen molar-refractivity contribution in [2.24, 2.45) is 5.10 Å². The monoisotopic (exact) mass is 534 g/mol. The van der Waals surface area contributed by atoms with Gasteiger partial charge in [-0.2, -0.15) is 20.1 Å². The Labute approximate surface area is 223 Å². The number of non-ortho nitro benzene ring substituents is 1. The zero-order valence-corrected chi connectivity index (χ0v) is 20.9. The predicted molar refractivity (Wildman–Crippen MR) is 142 cm³/mol. The number of esters is 1. The SMILES string of the molecule is O=C(Oc1ccc(C=NNc2nc(N3CCOCC3)nc(N3CCOCC3)n2)cc1)c1cccc([N+](=O)[O-])c1. The van der Waals surface area contributed by atoms with E-state index in [4.69, 9.17) is 14.2 Å². The van der Waals surface area contributed by atoms with Gasteiger partial charge in [0.15, 0.2) is 0 Å². The fourth-order valence-corrected chi connectivity index (χ4v) is 3.91. The van der Waals surface area contributed by atoms with Crippen LogP contribution in [0.4, 0.5) is 23.5 Å². The molecule has 0 aliphatic carbocycles. The lowest BCUT2D eigenvalue weighted by molar-refractivity contribution is -0.384. The van der Waals surface area contributed by atoms with E-state index in [1.54, 1.807) is 30.5 Å². The Morgan fingerprint density at radius 2 is 1.56 bits per heavy atom. The Hall–Kier alpha value is -4.69. The topological polar surface area (TPSA) is 157 Å². The van der Waals surface area contributed by atoms with Crippen LogP contribution in [0, 0.1) is 10.1 Å². The molecule has 2 aliphatic rings. The fourth-order valence-electron chi connectivity index (χ4n) is 3.91. The van der Waals surface area contributed by atoms with Gasteiger partial charge >= 0.3 is 5.97 Å². The van der Waals surface area contributed by atoms with E-state index >= 15 is 0 Å². The molecule has 0 spiro atoms. The fraction of sp³-hybridized carbons (Fsp3) is 0.320. The van der Waals surface area contributed by atoms with E-state index in [9.17, 15) is 14.9 Å². The lowest BCUT2D eigenvalue weighted by Gasteiger charge is -2.30. The Kier molecular flexibility index (Phi) is 8.14. The zero-order valence-electron chi connectivity index (χ0n) is 20.9. The van der Waals surface area contributed by atoms with E-state index in [-0.39, 0.29) is 11.3 Å². The van der Waals surface area contributed by atoms with Gasteiger partial charge in [0.05, 0.1) is 43.1 Å². The number of rotatable bonds is 8. The van der Waals surface area contributed by atoms with Crippen LogP contribution < -0.4 is 20.0 Å². The standard InChI is InChI=1S/C25H26N8O6/c34-22(19-2-1-3-20(16-19)33(35)36)39-21-6-4-18(5-7-21)17-26-30-23-27-24(31-8-12-37-13-9-31)29-25(28-23)32-10-14-38-15-11-32/h1-7,16-17H,8-15H2,(H,27,28,29,30). The van der Waals surface area contributed by atoms with E-state index in [1.165, 1.54) is 24.3 Å². The second-order valence-electron chi connectivity index (χ2n) is 8.59. The number of carbonyl (C=O) groups excluding carboxylic acids is 1. The first-order chi connectivity index (χ1) is 19.0. The summed E-state index contributed by atoms with van der Waals surface area (Å²) in [4.78, 5) is 40.6. The molecule has 0 atom stereocenters. The summed E-state index contributed by atoms with van der Waals surface area (Å²) >= 11 is 0. The van der Waals surface area contributed by atoms with Gasteiger partial charge in [-0.15, -0.1) is 0 Å². The van der Waals surface area contributed by atoms with Crippen LogP contribution in [-0.2, 0) is 9.47 Å². The van der Waals surface area contributed by atoms with Gasteiger partial charge in [-0.05, 0) is 35.9 Å².